The molecule has 9 heteroatoms. The zero-order chi connectivity index (χ0) is 21.1. The topological polar surface area (TPSA) is 91.3 Å². The molecular formula is C21H24N4O4S. The highest BCUT2D eigenvalue weighted by atomic mass is 32.2. The van der Waals surface area contributed by atoms with Crippen molar-refractivity contribution in [2.45, 2.75) is 17.7 Å². The van der Waals surface area contributed by atoms with Crippen molar-refractivity contribution in [3.05, 3.63) is 48.5 Å². The Morgan fingerprint density at radius 3 is 2.63 bits per heavy atom. The number of carbonyl (C=O) groups excluding carboxylic acids is 1. The number of piperazine rings is 1. The summed E-state index contributed by atoms with van der Waals surface area (Å²) in [6.07, 6.45) is 0.463. The van der Waals surface area contributed by atoms with Gasteiger partial charge >= 0.3 is 0 Å². The van der Waals surface area contributed by atoms with E-state index in [4.69, 9.17) is 4.74 Å². The van der Waals surface area contributed by atoms with Crippen LogP contribution in [-0.4, -0.2) is 58.3 Å². The molecule has 1 N–H and O–H groups in total. The lowest BCUT2D eigenvalue weighted by molar-refractivity contribution is -0.131. The number of anilines is 2. The number of sulfonamides is 1. The van der Waals surface area contributed by atoms with Gasteiger partial charge < -0.3 is 19.9 Å². The molecule has 0 aromatic heterocycles. The molecule has 0 aliphatic carbocycles. The number of para-hydroxylation sites is 1. The predicted octanol–water partition coefficient (Wildman–Crippen LogP) is 2.34. The van der Waals surface area contributed by atoms with Crippen LogP contribution >= 0.6 is 0 Å². The molecule has 0 unspecified atom stereocenters. The Morgan fingerprint density at radius 2 is 1.87 bits per heavy atom. The molecule has 2 aromatic carbocycles. The van der Waals surface area contributed by atoms with Gasteiger partial charge in [0.15, 0.2) is 0 Å². The number of benzene rings is 2. The zero-order valence-corrected chi connectivity index (χ0v) is 17.6. The number of nitrogens with zero attached hydrogens (tertiary/aromatic N) is 3. The molecule has 4 rings (SSSR count). The predicted molar refractivity (Wildman–Crippen MR) is 116 cm³/mol. The highest BCUT2D eigenvalue weighted by Gasteiger charge is 2.26. The molecule has 30 heavy (non-hydrogen) atoms. The molecule has 8 nitrogen and oxygen atoms in total. The number of fused-ring (bicyclic) bond motifs is 1. The van der Waals surface area contributed by atoms with E-state index in [1.54, 1.807) is 25.3 Å². The molecule has 2 heterocycles. The highest BCUT2D eigenvalue weighted by Crippen LogP contribution is 2.27. The van der Waals surface area contributed by atoms with Gasteiger partial charge in [0.05, 0.1) is 12.8 Å². The van der Waals surface area contributed by atoms with Gasteiger partial charge in [-0.3, -0.25) is 4.79 Å². The van der Waals surface area contributed by atoms with E-state index in [-0.39, 0.29) is 23.6 Å². The summed E-state index contributed by atoms with van der Waals surface area (Å²) < 4.78 is 33.7. The van der Waals surface area contributed by atoms with Crippen LogP contribution in [0.25, 0.3) is 0 Å². The Balaban J connectivity index is 1.32. The Morgan fingerprint density at radius 1 is 1.10 bits per heavy atom. The fraction of sp³-hybridized carbons (Fsp3) is 0.333. The fourth-order valence-corrected chi connectivity index (χ4v) is 4.85. The van der Waals surface area contributed by atoms with Gasteiger partial charge in [0, 0.05) is 50.8 Å². The summed E-state index contributed by atoms with van der Waals surface area (Å²) >= 11 is 0. The summed E-state index contributed by atoms with van der Waals surface area (Å²) in [4.78, 5) is 16.9. The van der Waals surface area contributed by atoms with Gasteiger partial charge in [-0.1, -0.05) is 18.2 Å². The first-order chi connectivity index (χ1) is 14.5. The van der Waals surface area contributed by atoms with Gasteiger partial charge in [0.2, 0.25) is 5.91 Å². The van der Waals surface area contributed by atoms with Gasteiger partial charge in [-0.25, -0.2) is 0 Å². The van der Waals surface area contributed by atoms with Crippen molar-refractivity contribution in [1.82, 2.24) is 4.90 Å². The van der Waals surface area contributed by atoms with E-state index in [9.17, 15) is 13.2 Å². The van der Waals surface area contributed by atoms with Crippen LogP contribution in [0.5, 0.6) is 5.75 Å². The number of hydrogen-bond acceptors (Lipinski definition) is 6. The van der Waals surface area contributed by atoms with Crippen molar-refractivity contribution in [1.29, 1.82) is 0 Å². The first kappa shape index (κ1) is 20.2. The number of rotatable bonds is 5. The van der Waals surface area contributed by atoms with Crippen LogP contribution < -0.4 is 15.0 Å². The SMILES string of the molecule is COc1cccc(N2CCN(C(=O)CCC3=NS(=O)(=O)c4ccccc4N3)CC2)c1. The molecule has 0 atom stereocenters. The molecule has 0 spiro atoms. The van der Waals surface area contributed by atoms with Crippen LogP contribution in [0, 0.1) is 0 Å². The maximum Gasteiger partial charge on any atom is 0.286 e. The third kappa shape index (κ3) is 4.25. The first-order valence-corrected chi connectivity index (χ1v) is 11.3. The molecule has 2 aliphatic heterocycles. The molecule has 158 valence electrons. The molecule has 0 radical (unpaired) electrons. The molecule has 1 saturated heterocycles. The smallest absolute Gasteiger partial charge is 0.286 e. The van der Waals surface area contributed by atoms with Crippen molar-refractivity contribution in [3.63, 3.8) is 0 Å². The molecule has 2 aromatic rings. The fourth-order valence-electron chi connectivity index (χ4n) is 3.68. The van der Waals surface area contributed by atoms with Crippen molar-refractivity contribution < 1.29 is 17.9 Å². The quantitative estimate of drug-likeness (QED) is 0.786. The molecule has 0 saturated carbocycles. The van der Waals surface area contributed by atoms with E-state index in [1.807, 2.05) is 29.2 Å². The standard InChI is InChI=1S/C21H24N4O4S/c1-29-17-6-4-5-16(15-17)24-11-13-25(14-12-24)21(26)10-9-20-22-18-7-2-3-8-19(18)30(27,28)23-20/h2-8,15H,9-14H2,1H3,(H,22,23). The van der Waals surface area contributed by atoms with Crippen LogP contribution in [-0.2, 0) is 14.8 Å². The van der Waals surface area contributed by atoms with Gasteiger partial charge in [0.1, 0.15) is 16.5 Å². The number of amides is 1. The average Bonchev–Trinajstić information content (AvgIpc) is 2.77. The van der Waals surface area contributed by atoms with Gasteiger partial charge in [0.25, 0.3) is 10.0 Å². The van der Waals surface area contributed by atoms with Crippen LogP contribution in [0.3, 0.4) is 0 Å². The van der Waals surface area contributed by atoms with Crippen LogP contribution in [0.1, 0.15) is 12.8 Å². The lowest BCUT2D eigenvalue weighted by Gasteiger charge is -2.36. The van der Waals surface area contributed by atoms with E-state index >= 15 is 0 Å². The molecule has 1 amide bonds. The Hall–Kier alpha value is -3.07. The largest absolute Gasteiger partial charge is 0.497 e. The normalized spacial score (nSPS) is 17.6. The zero-order valence-electron chi connectivity index (χ0n) is 16.7. The number of hydrogen-bond donors (Lipinski definition) is 1. The van der Waals surface area contributed by atoms with E-state index < -0.39 is 10.0 Å². The number of carbonyl (C=O) groups is 1. The minimum absolute atomic E-state index is 0.000971. The van der Waals surface area contributed by atoms with Crippen molar-refractivity contribution in [2.75, 3.05) is 43.5 Å². The monoisotopic (exact) mass is 428 g/mol. The molecule has 1 fully saturated rings. The minimum atomic E-state index is -3.72. The van der Waals surface area contributed by atoms with Crippen molar-refractivity contribution >= 4 is 33.1 Å². The summed E-state index contributed by atoms with van der Waals surface area (Å²) in [6, 6.07) is 14.5. The van der Waals surface area contributed by atoms with Crippen molar-refractivity contribution in [3.8, 4) is 5.75 Å². The second-order valence-corrected chi connectivity index (χ2v) is 8.78. The number of nitrogens with one attached hydrogen (secondary N) is 1. The number of methoxy groups -OCH3 is 1. The van der Waals surface area contributed by atoms with Crippen LogP contribution in [0.4, 0.5) is 11.4 Å². The Bertz CT molecular complexity index is 1080. The minimum Gasteiger partial charge on any atom is -0.497 e. The maximum atomic E-state index is 12.6. The van der Waals surface area contributed by atoms with Gasteiger partial charge in [-0.05, 0) is 24.3 Å². The molecule has 0 bridgehead atoms. The summed E-state index contributed by atoms with van der Waals surface area (Å²) in [7, 11) is -2.08. The third-order valence-electron chi connectivity index (χ3n) is 5.30. The van der Waals surface area contributed by atoms with Gasteiger partial charge in [-0.2, -0.15) is 8.42 Å². The van der Waals surface area contributed by atoms with E-state index in [0.717, 1.165) is 24.5 Å². The average molecular weight is 429 g/mol. The molecular weight excluding hydrogens is 404 g/mol. The lowest BCUT2D eigenvalue weighted by atomic mass is 10.2. The second kappa shape index (κ2) is 8.35. The Labute approximate surface area is 176 Å². The van der Waals surface area contributed by atoms with Crippen molar-refractivity contribution in [2.24, 2.45) is 4.40 Å². The summed E-state index contributed by atoms with van der Waals surface area (Å²) in [5, 5.41) is 3.03. The summed E-state index contributed by atoms with van der Waals surface area (Å²) in [6.45, 7) is 2.72. The summed E-state index contributed by atoms with van der Waals surface area (Å²) in [5.74, 6) is 1.11. The van der Waals surface area contributed by atoms with E-state index in [0.29, 0.717) is 24.6 Å². The number of ether oxygens (including phenoxy) is 1. The summed E-state index contributed by atoms with van der Waals surface area (Å²) in [5.41, 5.74) is 1.58. The second-order valence-electron chi connectivity index (χ2n) is 7.20. The number of amidine groups is 1. The Kier molecular flexibility index (Phi) is 5.63. The lowest BCUT2D eigenvalue weighted by Crippen LogP contribution is -2.48. The molecule has 2 aliphatic rings. The van der Waals surface area contributed by atoms with E-state index in [2.05, 4.69) is 14.6 Å². The van der Waals surface area contributed by atoms with Crippen LogP contribution in [0.15, 0.2) is 57.8 Å². The first-order valence-electron chi connectivity index (χ1n) is 9.83. The van der Waals surface area contributed by atoms with Gasteiger partial charge in [-0.15, -0.1) is 4.40 Å². The maximum absolute atomic E-state index is 12.6. The highest BCUT2D eigenvalue weighted by molar-refractivity contribution is 7.90. The third-order valence-corrected chi connectivity index (χ3v) is 6.67. The van der Waals surface area contributed by atoms with E-state index in [1.165, 1.54) is 6.07 Å². The van der Waals surface area contributed by atoms with Crippen LogP contribution in [0.2, 0.25) is 0 Å².